The number of halogens is 1. The molecule has 0 aromatic heterocycles. The Morgan fingerprint density at radius 1 is 1.14 bits per heavy atom. The number of nitrogens with one attached hydrogen (secondary N) is 1. The second-order valence-corrected chi connectivity index (χ2v) is 9.30. The van der Waals surface area contributed by atoms with Crippen LogP contribution in [0.1, 0.15) is 48.7 Å². The molecule has 5 nitrogen and oxygen atoms in total. The number of nitrogens with zero attached hydrogens (tertiary/aromatic N) is 1. The predicted molar refractivity (Wildman–Crippen MR) is 106 cm³/mol. The van der Waals surface area contributed by atoms with Crippen LogP contribution in [0.3, 0.4) is 0 Å². The lowest BCUT2D eigenvalue weighted by Crippen LogP contribution is -2.38. The summed E-state index contributed by atoms with van der Waals surface area (Å²) in [5, 5.41) is 2.83. The summed E-state index contributed by atoms with van der Waals surface area (Å²) in [5.74, 6) is -0.190. The first-order chi connectivity index (χ1) is 13.3. The van der Waals surface area contributed by atoms with Crippen LogP contribution < -0.4 is 5.32 Å². The van der Waals surface area contributed by atoms with E-state index < -0.39 is 10.0 Å². The molecule has 0 aliphatic carbocycles. The molecule has 0 radical (unpaired) electrons. The Morgan fingerprint density at radius 3 is 2.43 bits per heavy atom. The topological polar surface area (TPSA) is 66.5 Å². The van der Waals surface area contributed by atoms with Gasteiger partial charge in [-0.25, -0.2) is 12.8 Å². The molecule has 150 valence electrons. The smallest absolute Gasteiger partial charge is 0.251 e. The summed E-state index contributed by atoms with van der Waals surface area (Å²) in [5.41, 5.74) is 1.04. The lowest BCUT2D eigenvalue weighted by Gasteiger charge is -2.29. The predicted octanol–water partition coefficient (Wildman–Crippen LogP) is 3.74. The fourth-order valence-electron chi connectivity index (χ4n) is 3.29. The van der Waals surface area contributed by atoms with Gasteiger partial charge in [-0.3, -0.25) is 4.79 Å². The second kappa shape index (κ2) is 8.41. The van der Waals surface area contributed by atoms with E-state index in [4.69, 9.17) is 0 Å². The van der Waals surface area contributed by atoms with Crippen LogP contribution in [0.2, 0.25) is 0 Å². The van der Waals surface area contributed by atoms with Crippen LogP contribution in [0.5, 0.6) is 0 Å². The maximum Gasteiger partial charge on any atom is 0.251 e. The van der Waals surface area contributed by atoms with Crippen LogP contribution >= 0.6 is 0 Å². The molecule has 1 atom stereocenters. The fraction of sp³-hybridized carbons (Fsp3) is 0.381. The van der Waals surface area contributed by atoms with E-state index in [-0.39, 0.29) is 28.2 Å². The molecule has 2 aromatic carbocycles. The highest BCUT2D eigenvalue weighted by atomic mass is 32.2. The van der Waals surface area contributed by atoms with E-state index in [0.29, 0.717) is 19.0 Å². The van der Waals surface area contributed by atoms with Gasteiger partial charge in [0.05, 0.1) is 10.9 Å². The van der Waals surface area contributed by atoms with E-state index in [1.165, 1.54) is 28.6 Å². The van der Waals surface area contributed by atoms with Crippen molar-refractivity contribution in [2.24, 2.45) is 5.92 Å². The Labute approximate surface area is 165 Å². The van der Waals surface area contributed by atoms with E-state index in [9.17, 15) is 17.6 Å². The number of piperidine rings is 1. The molecule has 1 aliphatic heterocycles. The SMILES string of the molecule is CC1CCN(S(=O)(=O)c2cccc(C(=O)N[C@H](C)c3ccc(F)cc3)c2)CC1. The van der Waals surface area contributed by atoms with Gasteiger partial charge in [-0.2, -0.15) is 4.31 Å². The van der Waals surface area contributed by atoms with Crippen LogP contribution in [0.25, 0.3) is 0 Å². The van der Waals surface area contributed by atoms with Crippen LogP contribution in [-0.2, 0) is 10.0 Å². The van der Waals surface area contributed by atoms with Crippen LogP contribution in [0.15, 0.2) is 53.4 Å². The first kappa shape index (κ1) is 20.5. The molecule has 1 aliphatic rings. The third-order valence-electron chi connectivity index (χ3n) is 5.19. The van der Waals surface area contributed by atoms with Crippen LogP contribution in [0, 0.1) is 11.7 Å². The van der Waals surface area contributed by atoms with E-state index >= 15 is 0 Å². The van der Waals surface area contributed by atoms with Gasteiger partial charge in [-0.05, 0) is 61.6 Å². The average molecular weight is 405 g/mol. The van der Waals surface area contributed by atoms with Crippen molar-refractivity contribution < 1.29 is 17.6 Å². The van der Waals surface area contributed by atoms with Crippen molar-refractivity contribution in [3.8, 4) is 0 Å². The van der Waals surface area contributed by atoms with Crippen molar-refractivity contribution in [3.63, 3.8) is 0 Å². The highest BCUT2D eigenvalue weighted by Crippen LogP contribution is 2.24. The standard InChI is InChI=1S/C21H25FN2O3S/c1-15-10-12-24(13-11-15)28(26,27)20-5-3-4-18(14-20)21(25)23-16(2)17-6-8-19(22)9-7-17/h3-9,14-16H,10-13H2,1-2H3,(H,23,25)/t16-/m1/s1. The van der Waals surface area contributed by atoms with Crippen molar-refractivity contribution in [3.05, 3.63) is 65.5 Å². The minimum atomic E-state index is -3.62. The van der Waals surface area contributed by atoms with Crippen LogP contribution in [0.4, 0.5) is 4.39 Å². The first-order valence-corrected chi connectivity index (χ1v) is 10.9. The van der Waals surface area contributed by atoms with E-state index in [0.717, 1.165) is 18.4 Å². The van der Waals surface area contributed by atoms with Crippen molar-refractivity contribution in [1.82, 2.24) is 9.62 Å². The first-order valence-electron chi connectivity index (χ1n) is 9.44. The normalized spacial score (nSPS) is 17.2. The zero-order valence-corrected chi connectivity index (χ0v) is 16.9. The molecule has 0 spiro atoms. The number of carbonyl (C=O) groups excluding carboxylic acids is 1. The molecule has 1 fully saturated rings. The van der Waals surface area contributed by atoms with Gasteiger partial charge in [0.2, 0.25) is 10.0 Å². The van der Waals surface area contributed by atoms with Gasteiger partial charge in [0, 0.05) is 18.7 Å². The van der Waals surface area contributed by atoms with Gasteiger partial charge in [0.1, 0.15) is 5.82 Å². The lowest BCUT2D eigenvalue weighted by molar-refractivity contribution is 0.0939. The maximum absolute atomic E-state index is 13.1. The quantitative estimate of drug-likeness (QED) is 0.826. The molecule has 0 saturated carbocycles. The molecule has 28 heavy (non-hydrogen) atoms. The largest absolute Gasteiger partial charge is 0.346 e. The van der Waals surface area contributed by atoms with E-state index in [1.54, 1.807) is 31.2 Å². The summed E-state index contributed by atoms with van der Waals surface area (Å²) in [4.78, 5) is 12.7. The fourth-order valence-corrected chi connectivity index (χ4v) is 4.80. The van der Waals surface area contributed by atoms with Crippen molar-refractivity contribution in [2.75, 3.05) is 13.1 Å². The number of hydrogen-bond donors (Lipinski definition) is 1. The van der Waals surface area contributed by atoms with Gasteiger partial charge in [-0.1, -0.05) is 25.1 Å². The molecule has 2 aromatic rings. The number of carbonyl (C=O) groups is 1. The van der Waals surface area contributed by atoms with E-state index in [1.807, 2.05) is 0 Å². The van der Waals surface area contributed by atoms with Crippen molar-refractivity contribution in [1.29, 1.82) is 0 Å². The maximum atomic E-state index is 13.1. The highest BCUT2D eigenvalue weighted by molar-refractivity contribution is 7.89. The van der Waals surface area contributed by atoms with Crippen molar-refractivity contribution >= 4 is 15.9 Å². The van der Waals surface area contributed by atoms with Crippen molar-refractivity contribution in [2.45, 2.75) is 37.6 Å². The zero-order chi connectivity index (χ0) is 20.3. The summed E-state index contributed by atoms with van der Waals surface area (Å²) in [6.45, 7) is 4.92. The summed E-state index contributed by atoms with van der Waals surface area (Å²) < 4.78 is 40.4. The molecule has 1 N–H and O–H groups in total. The molecule has 1 amide bonds. The highest BCUT2D eigenvalue weighted by Gasteiger charge is 2.28. The summed E-state index contributed by atoms with van der Waals surface area (Å²) in [6.07, 6.45) is 1.68. The third-order valence-corrected chi connectivity index (χ3v) is 7.09. The average Bonchev–Trinajstić information content (AvgIpc) is 2.69. The third kappa shape index (κ3) is 4.59. The Morgan fingerprint density at radius 2 is 1.79 bits per heavy atom. The summed E-state index contributed by atoms with van der Waals surface area (Å²) >= 11 is 0. The van der Waals surface area contributed by atoms with Gasteiger partial charge in [0.15, 0.2) is 0 Å². The van der Waals surface area contributed by atoms with Gasteiger partial charge in [-0.15, -0.1) is 0 Å². The number of rotatable bonds is 5. The number of sulfonamides is 1. The molecule has 0 unspecified atom stereocenters. The lowest BCUT2D eigenvalue weighted by atomic mass is 10.0. The number of benzene rings is 2. The molecule has 1 saturated heterocycles. The Bertz CT molecular complexity index is 936. The van der Waals surface area contributed by atoms with Gasteiger partial charge >= 0.3 is 0 Å². The molecular formula is C21H25FN2O3S. The molecule has 0 bridgehead atoms. The Hall–Kier alpha value is -2.25. The summed E-state index contributed by atoms with van der Waals surface area (Å²) in [6, 6.07) is 11.7. The molecule has 7 heteroatoms. The zero-order valence-electron chi connectivity index (χ0n) is 16.1. The molecule has 3 rings (SSSR count). The summed E-state index contributed by atoms with van der Waals surface area (Å²) in [7, 11) is -3.62. The van der Waals surface area contributed by atoms with Gasteiger partial charge < -0.3 is 5.32 Å². The minimum Gasteiger partial charge on any atom is -0.346 e. The second-order valence-electron chi connectivity index (χ2n) is 7.36. The number of amides is 1. The van der Waals surface area contributed by atoms with Gasteiger partial charge in [0.25, 0.3) is 5.91 Å². The Kier molecular flexibility index (Phi) is 6.15. The molecular weight excluding hydrogens is 379 g/mol. The molecule has 1 heterocycles. The van der Waals surface area contributed by atoms with E-state index in [2.05, 4.69) is 12.2 Å². The number of hydrogen-bond acceptors (Lipinski definition) is 3. The van der Waals surface area contributed by atoms with Crippen LogP contribution in [-0.4, -0.2) is 31.7 Å². The minimum absolute atomic E-state index is 0.129. The monoisotopic (exact) mass is 404 g/mol. The Balaban J connectivity index is 1.75.